The number of Topliss-reactive ketones (excluding diaryl/α,β-unsaturated/α-hetero) is 1. The number of carbonyl (C=O) groups is 1. The second kappa shape index (κ2) is 7.07. The monoisotopic (exact) mass is 235 g/mol. The van der Waals surface area contributed by atoms with Crippen LogP contribution < -0.4 is 10.1 Å². The fourth-order valence-electron chi connectivity index (χ4n) is 1.36. The molecule has 3 heteroatoms. The molecule has 0 spiro atoms. The first-order chi connectivity index (χ1) is 8.13. The predicted octanol–water partition coefficient (Wildman–Crippen LogP) is 2.66. The fraction of sp³-hybridized carbons (Fsp3) is 0.500. The van der Waals surface area contributed by atoms with E-state index in [0.29, 0.717) is 19.2 Å². The van der Waals surface area contributed by atoms with Crippen molar-refractivity contribution in [2.24, 2.45) is 0 Å². The minimum Gasteiger partial charge on any atom is -0.494 e. The van der Waals surface area contributed by atoms with E-state index in [4.69, 9.17) is 4.74 Å². The minimum absolute atomic E-state index is 0.112. The van der Waals surface area contributed by atoms with Crippen molar-refractivity contribution in [1.82, 2.24) is 5.32 Å². The van der Waals surface area contributed by atoms with Gasteiger partial charge in [0.15, 0.2) is 5.78 Å². The Hall–Kier alpha value is -1.35. The Morgan fingerprint density at radius 3 is 2.47 bits per heavy atom. The van der Waals surface area contributed by atoms with Crippen molar-refractivity contribution in [2.45, 2.75) is 33.2 Å². The highest BCUT2D eigenvalue weighted by atomic mass is 16.5. The van der Waals surface area contributed by atoms with Gasteiger partial charge in [-0.05, 0) is 30.7 Å². The smallest absolute Gasteiger partial charge is 0.176 e. The molecule has 0 unspecified atom stereocenters. The highest BCUT2D eigenvalue weighted by Gasteiger charge is 2.06. The maximum Gasteiger partial charge on any atom is 0.176 e. The largest absolute Gasteiger partial charge is 0.494 e. The molecule has 1 N–H and O–H groups in total. The van der Waals surface area contributed by atoms with Crippen LogP contribution in [0.15, 0.2) is 24.3 Å². The summed E-state index contributed by atoms with van der Waals surface area (Å²) in [5.74, 6) is 0.931. The lowest BCUT2D eigenvalue weighted by Crippen LogP contribution is -2.29. The SMILES string of the molecule is CCCOc1ccc(C(=O)CNC(C)C)cc1. The molecule has 0 saturated heterocycles. The number of benzene rings is 1. The zero-order chi connectivity index (χ0) is 12.7. The maximum absolute atomic E-state index is 11.8. The first-order valence-corrected chi connectivity index (χ1v) is 6.13. The highest BCUT2D eigenvalue weighted by Crippen LogP contribution is 2.12. The zero-order valence-corrected chi connectivity index (χ0v) is 10.8. The van der Waals surface area contributed by atoms with E-state index in [-0.39, 0.29) is 5.78 Å². The van der Waals surface area contributed by atoms with E-state index in [2.05, 4.69) is 12.2 Å². The van der Waals surface area contributed by atoms with Gasteiger partial charge >= 0.3 is 0 Å². The fourth-order valence-corrected chi connectivity index (χ4v) is 1.36. The van der Waals surface area contributed by atoms with Crippen LogP contribution in [0.5, 0.6) is 5.75 Å². The average Bonchev–Trinajstić information content (AvgIpc) is 2.34. The van der Waals surface area contributed by atoms with Gasteiger partial charge in [0.2, 0.25) is 0 Å². The van der Waals surface area contributed by atoms with Crippen molar-refractivity contribution in [3.05, 3.63) is 29.8 Å². The summed E-state index contributed by atoms with van der Waals surface area (Å²) in [5.41, 5.74) is 0.724. The average molecular weight is 235 g/mol. The number of rotatable bonds is 7. The van der Waals surface area contributed by atoms with Crippen LogP contribution in [0.25, 0.3) is 0 Å². The molecule has 0 heterocycles. The molecular weight excluding hydrogens is 214 g/mol. The Morgan fingerprint density at radius 1 is 1.29 bits per heavy atom. The number of hydrogen-bond donors (Lipinski definition) is 1. The van der Waals surface area contributed by atoms with Crippen LogP contribution in [0.2, 0.25) is 0 Å². The summed E-state index contributed by atoms with van der Waals surface area (Å²) in [7, 11) is 0. The second-order valence-corrected chi connectivity index (χ2v) is 4.33. The Balaban J connectivity index is 2.51. The normalized spacial score (nSPS) is 10.6. The molecule has 0 amide bonds. The molecule has 0 bridgehead atoms. The first kappa shape index (κ1) is 13.7. The Kier molecular flexibility index (Phi) is 5.70. The molecule has 3 nitrogen and oxygen atoms in total. The number of carbonyl (C=O) groups excluding carboxylic acids is 1. The van der Waals surface area contributed by atoms with E-state index in [9.17, 15) is 4.79 Å². The molecule has 0 saturated carbocycles. The van der Waals surface area contributed by atoms with Gasteiger partial charge in [-0.2, -0.15) is 0 Å². The quantitative estimate of drug-likeness (QED) is 0.738. The predicted molar refractivity (Wildman–Crippen MR) is 69.7 cm³/mol. The first-order valence-electron chi connectivity index (χ1n) is 6.13. The molecule has 0 radical (unpaired) electrons. The second-order valence-electron chi connectivity index (χ2n) is 4.33. The third-order valence-electron chi connectivity index (χ3n) is 2.32. The van der Waals surface area contributed by atoms with Gasteiger partial charge in [0.1, 0.15) is 5.75 Å². The molecule has 1 aromatic carbocycles. The van der Waals surface area contributed by atoms with Gasteiger partial charge in [-0.3, -0.25) is 4.79 Å². The van der Waals surface area contributed by atoms with Crippen molar-refractivity contribution < 1.29 is 9.53 Å². The molecular formula is C14H21NO2. The number of ether oxygens (including phenoxy) is 1. The summed E-state index contributed by atoms with van der Waals surface area (Å²) in [5, 5.41) is 3.11. The standard InChI is InChI=1S/C14H21NO2/c1-4-9-17-13-7-5-12(6-8-13)14(16)10-15-11(2)3/h5-8,11,15H,4,9-10H2,1-3H3. The Labute approximate surface area is 103 Å². The van der Waals surface area contributed by atoms with Gasteiger partial charge in [0.05, 0.1) is 13.2 Å². The number of ketones is 1. The lowest BCUT2D eigenvalue weighted by Gasteiger charge is -2.08. The van der Waals surface area contributed by atoms with Crippen molar-refractivity contribution in [2.75, 3.05) is 13.2 Å². The van der Waals surface area contributed by atoms with E-state index < -0.39 is 0 Å². The third-order valence-corrected chi connectivity index (χ3v) is 2.32. The highest BCUT2D eigenvalue weighted by molar-refractivity contribution is 5.97. The summed E-state index contributed by atoms with van der Waals surface area (Å²) < 4.78 is 5.46. The topological polar surface area (TPSA) is 38.3 Å². The molecule has 0 aliphatic heterocycles. The molecule has 17 heavy (non-hydrogen) atoms. The Bertz CT molecular complexity index is 344. The molecule has 0 atom stereocenters. The van der Waals surface area contributed by atoms with Gasteiger partial charge in [-0.15, -0.1) is 0 Å². The summed E-state index contributed by atoms with van der Waals surface area (Å²) in [6.07, 6.45) is 0.985. The van der Waals surface area contributed by atoms with Gasteiger partial charge < -0.3 is 10.1 Å². The van der Waals surface area contributed by atoms with Crippen molar-refractivity contribution in [3.63, 3.8) is 0 Å². The van der Waals surface area contributed by atoms with Crippen LogP contribution >= 0.6 is 0 Å². The molecule has 0 aliphatic carbocycles. The van der Waals surface area contributed by atoms with Gasteiger partial charge in [-0.1, -0.05) is 20.8 Å². The van der Waals surface area contributed by atoms with Crippen molar-refractivity contribution in [3.8, 4) is 5.75 Å². The summed E-state index contributed by atoms with van der Waals surface area (Å²) >= 11 is 0. The van der Waals surface area contributed by atoms with Crippen LogP contribution in [0, 0.1) is 0 Å². The van der Waals surface area contributed by atoms with E-state index >= 15 is 0 Å². The lowest BCUT2D eigenvalue weighted by molar-refractivity contribution is 0.0988. The van der Waals surface area contributed by atoms with Crippen LogP contribution in [0.3, 0.4) is 0 Å². The summed E-state index contributed by atoms with van der Waals surface area (Å²) in [4.78, 5) is 11.8. The van der Waals surface area contributed by atoms with E-state index in [1.54, 1.807) is 0 Å². The van der Waals surface area contributed by atoms with E-state index in [0.717, 1.165) is 17.7 Å². The van der Waals surface area contributed by atoms with Crippen LogP contribution in [0.1, 0.15) is 37.6 Å². The molecule has 1 aromatic rings. The van der Waals surface area contributed by atoms with Crippen molar-refractivity contribution >= 4 is 5.78 Å². The molecule has 1 rings (SSSR count). The van der Waals surface area contributed by atoms with E-state index in [1.807, 2.05) is 38.1 Å². The van der Waals surface area contributed by atoms with E-state index in [1.165, 1.54) is 0 Å². The van der Waals surface area contributed by atoms with Crippen LogP contribution in [0.4, 0.5) is 0 Å². The van der Waals surface area contributed by atoms with Gasteiger partial charge in [0, 0.05) is 11.6 Å². The lowest BCUT2D eigenvalue weighted by atomic mass is 10.1. The molecule has 0 fully saturated rings. The molecule has 94 valence electrons. The minimum atomic E-state index is 0.112. The third kappa shape index (κ3) is 5.00. The van der Waals surface area contributed by atoms with Crippen molar-refractivity contribution in [1.29, 1.82) is 0 Å². The zero-order valence-electron chi connectivity index (χ0n) is 10.8. The summed E-state index contributed by atoms with van der Waals surface area (Å²) in [6.45, 7) is 7.20. The van der Waals surface area contributed by atoms with Gasteiger partial charge in [-0.25, -0.2) is 0 Å². The molecule has 0 aromatic heterocycles. The molecule has 0 aliphatic rings. The van der Waals surface area contributed by atoms with Gasteiger partial charge in [0.25, 0.3) is 0 Å². The van der Waals surface area contributed by atoms with Crippen LogP contribution in [-0.2, 0) is 0 Å². The Morgan fingerprint density at radius 2 is 1.94 bits per heavy atom. The maximum atomic E-state index is 11.8. The summed E-state index contributed by atoms with van der Waals surface area (Å²) in [6, 6.07) is 7.65. The van der Waals surface area contributed by atoms with Crippen LogP contribution in [-0.4, -0.2) is 25.0 Å². The number of hydrogen-bond acceptors (Lipinski definition) is 3. The number of nitrogens with one attached hydrogen (secondary N) is 1.